The maximum absolute atomic E-state index is 12.4. The average molecular weight is 246 g/mol. The maximum Gasteiger partial charge on any atom is 0.250 e. The average Bonchev–Trinajstić information content (AvgIpc) is 2.87. The van der Waals surface area contributed by atoms with Crippen LogP contribution in [-0.2, 0) is 9.59 Å². The van der Waals surface area contributed by atoms with Crippen LogP contribution in [0.2, 0.25) is 0 Å². The number of nitrogens with zero attached hydrogens (tertiary/aromatic N) is 4. The highest BCUT2D eigenvalue weighted by molar-refractivity contribution is 6.08. The van der Waals surface area contributed by atoms with Crippen LogP contribution in [-0.4, -0.2) is 45.3 Å². The number of aromatic nitrogens is 2. The van der Waals surface area contributed by atoms with Gasteiger partial charge in [0.2, 0.25) is 5.91 Å². The fourth-order valence-corrected chi connectivity index (χ4v) is 2.76. The first kappa shape index (κ1) is 11.1. The summed E-state index contributed by atoms with van der Waals surface area (Å²) in [5.74, 6) is -0.00430. The summed E-state index contributed by atoms with van der Waals surface area (Å²) in [5, 5.41) is 0. The molecule has 1 aromatic rings. The zero-order valence-electron chi connectivity index (χ0n) is 10.1. The highest BCUT2D eigenvalue weighted by Crippen LogP contribution is 2.29. The molecule has 2 unspecified atom stereocenters. The van der Waals surface area contributed by atoms with Crippen LogP contribution in [0, 0.1) is 0 Å². The fourth-order valence-electron chi connectivity index (χ4n) is 2.76. The molecule has 2 saturated heterocycles. The van der Waals surface area contributed by atoms with E-state index in [1.54, 1.807) is 24.2 Å². The molecule has 0 aliphatic carbocycles. The van der Waals surface area contributed by atoms with E-state index in [9.17, 15) is 9.59 Å². The first-order valence-corrected chi connectivity index (χ1v) is 6.08. The normalized spacial score (nSPS) is 27.6. The third-order valence-electron chi connectivity index (χ3n) is 3.63. The molecule has 2 amide bonds. The molecular weight excluding hydrogens is 232 g/mol. The molecule has 0 N–H and O–H groups in total. The summed E-state index contributed by atoms with van der Waals surface area (Å²) in [4.78, 5) is 35.7. The number of rotatable bonds is 1. The van der Waals surface area contributed by atoms with Gasteiger partial charge in [-0.05, 0) is 19.8 Å². The lowest BCUT2D eigenvalue weighted by Gasteiger charge is -2.40. The number of hydrogen-bond donors (Lipinski definition) is 0. The maximum atomic E-state index is 12.4. The van der Waals surface area contributed by atoms with E-state index >= 15 is 0 Å². The quantitative estimate of drug-likeness (QED) is 0.710. The fraction of sp³-hybridized carbons (Fsp3) is 0.500. The van der Waals surface area contributed by atoms with Crippen molar-refractivity contribution in [1.82, 2.24) is 14.9 Å². The highest BCUT2D eigenvalue weighted by atomic mass is 16.2. The monoisotopic (exact) mass is 246 g/mol. The van der Waals surface area contributed by atoms with E-state index in [-0.39, 0.29) is 17.9 Å². The van der Waals surface area contributed by atoms with E-state index in [4.69, 9.17) is 0 Å². The summed E-state index contributed by atoms with van der Waals surface area (Å²) < 4.78 is 0. The van der Waals surface area contributed by atoms with Gasteiger partial charge in [-0.3, -0.25) is 14.5 Å². The Morgan fingerprint density at radius 1 is 1.22 bits per heavy atom. The standard InChI is InChI=1S/C12H14N4O2/c1-8-11(17)15-4-2-3-10(15)12(18)16(8)9-5-13-7-14-6-9/h5-8,10H,2-4H2,1H3. The molecular formula is C12H14N4O2. The minimum absolute atomic E-state index is 0.0148. The molecule has 18 heavy (non-hydrogen) atoms. The Morgan fingerprint density at radius 2 is 1.94 bits per heavy atom. The molecule has 0 bridgehead atoms. The Hall–Kier alpha value is -1.98. The van der Waals surface area contributed by atoms with Gasteiger partial charge in [0.05, 0.1) is 18.1 Å². The number of fused-ring (bicyclic) bond motifs is 1. The SMILES string of the molecule is CC1C(=O)N2CCCC2C(=O)N1c1cncnc1. The molecule has 2 fully saturated rings. The van der Waals surface area contributed by atoms with Gasteiger partial charge >= 0.3 is 0 Å². The molecule has 2 aliphatic rings. The Labute approximate surface area is 105 Å². The van der Waals surface area contributed by atoms with Crippen molar-refractivity contribution < 1.29 is 9.59 Å². The van der Waals surface area contributed by atoms with Crippen LogP contribution in [0.15, 0.2) is 18.7 Å². The van der Waals surface area contributed by atoms with Crippen LogP contribution in [0.3, 0.4) is 0 Å². The van der Waals surface area contributed by atoms with Crippen molar-refractivity contribution in [3.05, 3.63) is 18.7 Å². The van der Waals surface area contributed by atoms with Crippen molar-refractivity contribution >= 4 is 17.5 Å². The number of anilines is 1. The molecule has 1 aromatic heterocycles. The summed E-state index contributed by atoms with van der Waals surface area (Å²) in [6.07, 6.45) is 6.19. The molecule has 6 nitrogen and oxygen atoms in total. The van der Waals surface area contributed by atoms with Gasteiger partial charge < -0.3 is 4.90 Å². The van der Waals surface area contributed by atoms with Gasteiger partial charge in [-0.2, -0.15) is 0 Å². The molecule has 94 valence electrons. The van der Waals surface area contributed by atoms with Crippen LogP contribution in [0.4, 0.5) is 5.69 Å². The Morgan fingerprint density at radius 3 is 2.67 bits per heavy atom. The van der Waals surface area contributed by atoms with E-state index in [2.05, 4.69) is 9.97 Å². The van der Waals surface area contributed by atoms with Crippen LogP contribution < -0.4 is 4.90 Å². The summed E-state index contributed by atoms with van der Waals surface area (Å²) in [7, 11) is 0. The molecule has 3 heterocycles. The van der Waals surface area contributed by atoms with Crippen molar-refractivity contribution in [1.29, 1.82) is 0 Å². The predicted octanol–water partition coefficient (Wildman–Crippen LogP) is 0.203. The molecule has 0 spiro atoms. The van der Waals surface area contributed by atoms with Gasteiger partial charge in [0.1, 0.15) is 18.4 Å². The summed E-state index contributed by atoms with van der Waals surface area (Å²) in [6.45, 7) is 2.44. The van der Waals surface area contributed by atoms with E-state index < -0.39 is 6.04 Å². The molecule has 0 aromatic carbocycles. The van der Waals surface area contributed by atoms with Crippen LogP contribution in [0.25, 0.3) is 0 Å². The van der Waals surface area contributed by atoms with Crippen LogP contribution in [0.1, 0.15) is 19.8 Å². The summed E-state index contributed by atoms with van der Waals surface area (Å²) in [6, 6.07) is -0.772. The van der Waals surface area contributed by atoms with Gasteiger partial charge in [0, 0.05) is 6.54 Å². The van der Waals surface area contributed by atoms with Crippen molar-refractivity contribution in [3.63, 3.8) is 0 Å². The second kappa shape index (κ2) is 4.04. The Bertz CT molecular complexity index is 490. The van der Waals surface area contributed by atoms with Crippen LogP contribution >= 0.6 is 0 Å². The lowest BCUT2D eigenvalue weighted by molar-refractivity contribution is -0.143. The van der Waals surface area contributed by atoms with Gasteiger partial charge in [-0.15, -0.1) is 0 Å². The molecule has 0 radical (unpaired) electrons. The van der Waals surface area contributed by atoms with Crippen molar-refractivity contribution in [2.24, 2.45) is 0 Å². The third kappa shape index (κ3) is 1.48. The Balaban J connectivity index is 1.99. The Kier molecular flexibility index (Phi) is 2.50. The van der Waals surface area contributed by atoms with E-state index in [1.165, 1.54) is 11.2 Å². The third-order valence-corrected chi connectivity index (χ3v) is 3.63. The van der Waals surface area contributed by atoms with Crippen molar-refractivity contribution in [3.8, 4) is 0 Å². The first-order chi connectivity index (χ1) is 8.70. The zero-order chi connectivity index (χ0) is 12.7. The van der Waals surface area contributed by atoms with Crippen LogP contribution in [0.5, 0.6) is 0 Å². The molecule has 6 heteroatoms. The first-order valence-electron chi connectivity index (χ1n) is 6.08. The van der Waals surface area contributed by atoms with Gasteiger partial charge in [-0.1, -0.05) is 0 Å². The van der Waals surface area contributed by atoms with E-state index in [1.807, 2.05) is 0 Å². The van der Waals surface area contributed by atoms with Crippen molar-refractivity contribution in [2.45, 2.75) is 31.8 Å². The number of hydrogen-bond acceptors (Lipinski definition) is 4. The highest BCUT2D eigenvalue weighted by Gasteiger charge is 2.46. The van der Waals surface area contributed by atoms with Gasteiger partial charge in [-0.25, -0.2) is 9.97 Å². The molecule has 3 rings (SSSR count). The number of piperazine rings is 1. The molecule has 2 atom stereocenters. The topological polar surface area (TPSA) is 66.4 Å². The number of carbonyl (C=O) groups is 2. The minimum atomic E-state index is -0.474. The lowest BCUT2D eigenvalue weighted by Crippen LogP contribution is -2.62. The van der Waals surface area contributed by atoms with Gasteiger partial charge in [0.15, 0.2) is 0 Å². The van der Waals surface area contributed by atoms with E-state index in [0.717, 1.165) is 12.8 Å². The van der Waals surface area contributed by atoms with E-state index in [0.29, 0.717) is 12.2 Å². The second-order valence-electron chi connectivity index (χ2n) is 4.67. The number of amides is 2. The molecule has 0 saturated carbocycles. The molecule has 2 aliphatic heterocycles. The summed E-state index contributed by atoms with van der Waals surface area (Å²) in [5.41, 5.74) is 0.593. The minimum Gasteiger partial charge on any atom is -0.329 e. The smallest absolute Gasteiger partial charge is 0.250 e. The predicted molar refractivity (Wildman–Crippen MR) is 63.7 cm³/mol. The van der Waals surface area contributed by atoms with Gasteiger partial charge in [0.25, 0.3) is 5.91 Å². The zero-order valence-corrected chi connectivity index (χ0v) is 10.1. The summed E-state index contributed by atoms with van der Waals surface area (Å²) >= 11 is 0. The lowest BCUT2D eigenvalue weighted by atomic mass is 10.1. The number of carbonyl (C=O) groups excluding carboxylic acids is 2. The second-order valence-corrected chi connectivity index (χ2v) is 4.67. The van der Waals surface area contributed by atoms with Crippen molar-refractivity contribution in [2.75, 3.05) is 11.4 Å². The largest absolute Gasteiger partial charge is 0.329 e.